The highest BCUT2D eigenvalue weighted by Gasteiger charge is 2.46. The average Bonchev–Trinajstić information content (AvgIpc) is 2.55. The maximum atomic E-state index is 13.0. The zero-order chi connectivity index (χ0) is 16.3. The maximum Gasteiger partial charge on any atom is 0.233 e. The summed E-state index contributed by atoms with van der Waals surface area (Å²) >= 11 is 0. The van der Waals surface area contributed by atoms with Crippen molar-refractivity contribution < 1.29 is 4.79 Å². The Balaban J connectivity index is 1.77. The minimum atomic E-state index is -0.345. The second-order valence-corrected chi connectivity index (χ2v) is 6.27. The van der Waals surface area contributed by atoms with Crippen molar-refractivity contribution in [2.24, 2.45) is 0 Å². The standard InChI is InChI=1S/C20H20N2O/c1-22(15-17-10-8-16(14-21)9-11-17)19(23)20(12-5-13-20)18-6-3-2-4-7-18/h2-4,6-11H,5,12-13,15H2,1H3. The van der Waals surface area contributed by atoms with Crippen LogP contribution in [0.5, 0.6) is 0 Å². The minimum absolute atomic E-state index is 0.194. The van der Waals surface area contributed by atoms with Crippen molar-refractivity contribution in [1.29, 1.82) is 5.26 Å². The molecule has 0 radical (unpaired) electrons. The molecule has 2 aromatic rings. The summed E-state index contributed by atoms with van der Waals surface area (Å²) in [6.07, 6.45) is 2.95. The Labute approximate surface area is 137 Å². The molecule has 1 fully saturated rings. The first-order valence-corrected chi connectivity index (χ1v) is 7.96. The van der Waals surface area contributed by atoms with Crippen LogP contribution in [0, 0.1) is 11.3 Å². The molecule has 3 rings (SSSR count). The van der Waals surface area contributed by atoms with Crippen LogP contribution in [0.25, 0.3) is 0 Å². The molecule has 116 valence electrons. The number of nitrogens with zero attached hydrogens (tertiary/aromatic N) is 2. The molecule has 0 unspecified atom stereocenters. The Hall–Kier alpha value is -2.60. The van der Waals surface area contributed by atoms with Gasteiger partial charge in [0.05, 0.1) is 17.0 Å². The molecule has 0 N–H and O–H groups in total. The Morgan fingerprint density at radius 1 is 1.13 bits per heavy atom. The number of carbonyl (C=O) groups is 1. The smallest absolute Gasteiger partial charge is 0.233 e. The van der Waals surface area contributed by atoms with Gasteiger partial charge in [0, 0.05) is 13.6 Å². The molecule has 1 aliphatic carbocycles. The van der Waals surface area contributed by atoms with Gasteiger partial charge in [-0.05, 0) is 36.1 Å². The summed E-state index contributed by atoms with van der Waals surface area (Å²) in [7, 11) is 1.86. The zero-order valence-corrected chi connectivity index (χ0v) is 13.3. The molecule has 3 nitrogen and oxygen atoms in total. The van der Waals surface area contributed by atoms with Gasteiger partial charge >= 0.3 is 0 Å². The van der Waals surface area contributed by atoms with Crippen molar-refractivity contribution in [3.63, 3.8) is 0 Å². The van der Waals surface area contributed by atoms with E-state index in [0.717, 1.165) is 30.4 Å². The molecule has 0 aromatic heterocycles. The van der Waals surface area contributed by atoms with E-state index >= 15 is 0 Å². The van der Waals surface area contributed by atoms with Crippen molar-refractivity contribution in [2.45, 2.75) is 31.2 Å². The number of rotatable bonds is 4. The number of amides is 1. The third-order valence-electron chi connectivity index (χ3n) is 4.79. The fourth-order valence-corrected chi connectivity index (χ4v) is 3.31. The van der Waals surface area contributed by atoms with Gasteiger partial charge in [-0.1, -0.05) is 48.9 Å². The van der Waals surface area contributed by atoms with Crippen LogP contribution in [-0.2, 0) is 16.8 Å². The monoisotopic (exact) mass is 304 g/mol. The highest BCUT2D eigenvalue weighted by atomic mass is 16.2. The SMILES string of the molecule is CN(Cc1ccc(C#N)cc1)C(=O)C1(c2ccccc2)CCC1. The van der Waals surface area contributed by atoms with E-state index in [4.69, 9.17) is 5.26 Å². The fourth-order valence-electron chi connectivity index (χ4n) is 3.31. The van der Waals surface area contributed by atoms with Crippen LogP contribution < -0.4 is 0 Å². The Morgan fingerprint density at radius 2 is 1.78 bits per heavy atom. The van der Waals surface area contributed by atoms with Crippen LogP contribution in [-0.4, -0.2) is 17.9 Å². The van der Waals surface area contributed by atoms with E-state index in [0.29, 0.717) is 12.1 Å². The van der Waals surface area contributed by atoms with Crippen LogP contribution in [0.15, 0.2) is 54.6 Å². The van der Waals surface area contributed by atoms with Crippen molar-refractivity contribution in [3.05, 3.63) is 71.3 Å². The van der Waals surface area contributed by atoms with Gasteiger partial charge in [0.2, 0.25) is 5.91 Å². The van der Waals surface area contributed by atoms with Crippen LogP contribution in [0.1, 0.15) is 36.0 Å². The third-order valence-corrected chi connectivity index (χ3v) is 4.79. The average molecular weight is 304 g/mol. The number of likely N-dealkylation sites (N-methyl/N-ethyl adjacent to an activating group) is 1. The lowest BCUT2D eigenvalue weighted by Gasteiger charge is -2.43. The molecule has 23 heavy (non-hydrogen) atoms. The summed E-state index contributed by atoms with van der Waals surface area (Å²) in [6.45, 7) is 0.569. The van der Waals surface area contributed by atoms with Gasteiger partial charge in [-0.2, -0.15) is 5.26 Å². The Bertz CT molecular complexity index is 724. The summed E-state index contributed by atoms with van der Waals surface area (Å²) in [4.78, 5) is 14.9. The lowest BCUT2D eigenvalue weighted by atomic mass is 9.63. The van der Waals surface area contributed by atoms with Gasteiger partial charge in [-0.3, -0.25) is 4.79 Å². The molecule has 0 heterocycles. The minimum Gasteiger partial charge on any atom is -0.341 e. The molecule has 2 aromatic carbocycles. The number of hydrogen-bond acceptors (Lipinski definition) is 2. The summed E-state index contributed by atoms with van der Waals surface area (Å²) in [5.41, 5.74) is 2.47. The van der Waals surface area contributed by atoms with Gasteiger partial charge in [-0.15, -0.1) is 0 Å². The van der Waals surface area contributed by atoms with Crippen molar-refractivity contribution in [3.8, 4) is 6.07 Å². The molecule has 3 heteroatoms. The van der Waals surface area contributed by atoms with E-state index in [9.17, 15) is 4.79 Å². The predicted octanol–water partition coefficient (Wildman–Crippen LogP) is 3.64. The van der Waals surface area contributed by atoms with Crippen LogP contribution in [0.3, 0.4) is 0 Å². The molecule has 0 aliphatic heterocycles. The van der Waals surface area contributed by atoms with E-state index in [2.05, 4.69) is 18.2 Å². The van der Waals surface area contributed by atoms with Crippen LogP contribution >= 0.6 is 0 Å². The summed E-state index contributed by atoms with van der Waals surface area (Å²) in [5.74, 6) is 0.194. The van der Waals surface area contributed by atoms with Crippen molar-refractivity contribution in [2.75, 3.05) is 7.05 Å². The van der Waals surface area contributed by atoms with Gasteiger partial charge < -0.3 is 4.90 Å². The Kier molecular flexibility index (Phi) is 4.16. The molecule has 0 spiro atoms. The highest BCUT2D eigenvalue weighted by Crippen LogP contribution is 2.45. The molecule has 1 amide bonds. The molecule has 0 atom stereocenters. The molecule has 0 bridgehead atoms. The van der Waals surface area contributed by atoms with Crippen molar-refractivity contribution in [1.82, 2.24) is 4.90 Å². The molecule has 0 saturated heterocycles. The topological polar surface area (TPSA) is 44.1 Å². The first-order chi connectivity index (χ1) is 11.2. The summed E-state index contributed by atoms with van der Waals surface area (Å²) in [6, 6.07) is 19.7. The molecular weight excluding hydrogens is 284 g/mol. The number of benzene rings is 2. The van der Waals surface area contributed by atoms with Gasteiger partial charge in [0.25, 0.3) is 0 Å². The fraction of sp³-hybridized carbons (Fsp3) is 0.300. The van der Waals surface area contributed by atoms with Crippen LogP contribution in [0.4, 0.5) is 0 Å². The first-order valence-electron chi connectivity index (χ1n) is 7.96. The summed E-state index contributed by atoms with van der Waals surface area (Å²) in [5, 5.41) is 8.86. The van der Waals surface area contributed by atoms with Gasteiger partial charge in [0.15, 0.2) is 0 Å². The number of carbonyl (C=O) groups excluding carboxylic acids is 1. The number of hydrogen-bond donors (Lipinski definition) is 0. The maximum absolute atomic E-state index is 13.0. The second-order valence-electron chi connectivity index (χ2n) is 6.27. The lowest BCUT2D eigenvalue weighted by Crippen LogP contribution is -2.49. The normalized spacial score (nSPS) is 15.3. The predicted molar refractivity (Wildman–Crippen MR) is 89.6 cm³/mol. The Morgan fingerprint density at radius 3 is 2.30 bits per heavy atom. The highest BCUT2D eigenvalue weighted by molar-refractivity contribution is 5.89. The molecular formula is C20H20N2O. The van der Waals surface area contributed by atoms with Crippen molar-refractivity contribution >= 4 is 5.91 Å². The number of nitriles is 1. The van der Waals surface area contributed by atoms with E-state index in [1.165, 1.54) is 0 Å². The van der Waals surface area contributed by atoms with Crippen LogP contribution in [0.2, 0.25) is 0 Å². The van der Waals surface area contributed by atoms with E-state index < -0.39 is 0 Å². The first kappa shape index (κ1) is 15.3. The van der Waals surface area contributed by atoms with E-state index in [1.54, 1.807) is 12.1 Å². The third kappa shape index (κ3) is 2.85. The zero-order valence-electron chi connectivity index (χ0n) is 13.3. The largest absolute Gasteiger partial charge is 0.341 e. The van der Waals surface area contributed by atoms with E-state index in [-0.39, 0.29) is 11.3 Å². The van der Waals surface area contributed by atoms with E-state index in [1.807, 2.05) is 42.3 Å². The quantitative estimate of drug-likeness (QED) is 0.865. The second kappa shape index (κ2) is 6.26. The van der Waals surface area contributed by atoms with Gasteiger partial charge in [-0.25, -0.2) is 0 Å². The molecule has 1 aliphatic rings. The summed E-state index contributed by atoms with van der Waals surface area (Å²) < 4.78 is 0. The van der Waals surface area contributed by atoms with Gasteiger partial charge in [0.1, 0.15) is 0 Å². The molecule has 1 saturated carbocycles. The lowest BCUT2D eigenvalue weighted by molar-refractivity contribution is -0.140.